The lowest BCUT2D eigenvalue weighted by molar-refractivity contribution is -0.153. The first-order valence-corrected chi connectivity index (χ1v) is 8.28. The number of alkyl halides is 3. The Kier molecular flexibility index (Phi) is 5.28. The molecule has 0 aliphatic heterocycles. The molecule has 1 heterocycles. The van der Waals surface area contributed by atoms with Gasteiger partial charge in [-0.05, 0) is 29.8 Å². The summed E-state index contributed by atoms with van der Waals surface area (Å²) in [4.78, 5) is 0. The van der Waals surface area contributed by atoms with Crippen LogP contribution in [0.4, 0.5) is 13.2 Å². The minimum atomic E-state index is -4.36. The molecule has 8 heteroatoms. The van der Waals surface area contributed by atoms with E-state index < -0.39 is 12.8 Å². The van der Waals surface area contributed by atoms with Crippen molar-refractivity contribution in [2.45, 2.75) is 17.2 Å². The summed E-state index contributed by atoms with van der Waals surface area (Å²) in [5.41, 5.74) is 1.62. The number of thioether (sulfide) groups is 1. The third-order valence-corrected chi connectivity index (χ3v) is 3.98. The lowest BCUT2D eigenvalue weighted by Gasteiger charge is -2.09. The lowest BCUT2D eigenvalue weighted by Crippen LogP contribution is -2.19. The third kappa shape index (κ3) is 5.25. The molecular weight excluding hydrogens is 353 g/mol. The van der Waals surface area contributed by atoms with Crippen LogP contribution in [0.3, 0.4) is 0 Å². The van der Waals surface area contributed by atoms with E-state index in [0.29, 0.717) is 16.9 Å². The largest absolute Gasteiger partial charge is 0.484 e. The zero-order valence-corrected chi connectivity index (χ0v) is 13.7. The van der Waals surface area contributed by atoms with E-state index in [1.807, 2.05) is 30.3 Å². The van der Waals surface area contributed by atoms with Gasteiger partial charge >= 0.3 is 6.18 Å². The molecule has 3 aromatic rings. The summed E-state index contributed by atoms with van der Waals surface area (Å²) in [6, 6.07) is 15.9. The molecule has 3 rings (SSSR count). The summed E-state index contributed by atoms with van der Waals surface area (Å²) < 4.78 is 46.9. The van der Waals surface area contributed by atoms with E-state index >= 15 is 0 Å². The van der Waals surface area contributed by atoms with Crippen molar-refractivity contribution in [3.05, 3.63) is 60.2 Å². The molecule has 0 saturated heterocycles. The number of benzene rings is 2. The van der Waals surface area contributed by atoms with Gasteiger partial charge in [0.1, 0.15) is 5.75 Å². The van der Waals surface area contributed by atoms with Crippen LogP contribution in [0.25, 0.3) is 11.5 Å². The number of halogens is 3. The van der Waals surface area contributed by atoms with Crippen LogP contribution in [0.15, 0.2) is 64.2 Å². The van der Waals surface area contributed by atoms with Crippen LogP contribution in [0.5, 0.6) is 5.75 Å². The second kappa shape index (κ2) is 7.60. The molecule has 2 aromatic carbocycles. The van der Waals surface area contributed by atoms with Crippen molar-refractivity contribution >= 4 is 11.8 Å². The van der Waals surface area contributed by atoms with Gasteiger partial charge < -0.3 is 9.15 Å². The van der Waals surface area contributed by atoms with Gasteiger partial charge in [-0.25, -0.2) is 0 Å². The van der Waals surface area contributed by atoms with Crippen LogP contribution in [-0.4, -0.2) is 23.0 Å². The summed E-state index contributed by atoms with van der Waals surface area (Å²) in [5, 5.41) is 8.34. The van der Waals surface area contributed by atoms with Gasteiger partial charge in [-0.3, -0.25) is 0 Å². The van der Waals surface area contributed by atoms with Crippen molar-refractivity contribution in [1.29, 1.82) is 0 Å². The monoisotopic (exact) mass is 366 g/mol. The van der Waals surface area contributed by atoms with Crippen LogP contribution >= 0.6 is 11.8 Å². The second-order valence-corrected chi connectivity index (χ2v) is 6.01. The van der Waals surface area contributed by atoms with Gasteiger partial charge in [0.25, 0.3) is 5.22 Å². The van der Waals surface area contributed by atoms with Crippen LogP contribution in [0.1, 0.15) is 5.56 Å². The fourth-order valence-corrected chi connectivity index (χ4v) is 2.71. The summed E-state index contributed by atoms with van der Waals surface area (Å²) in [6.45, 7) is -1.31. The fourth-order valence-electron chi connectivity index (χ4n) is 2.00. The first-order valence-electron chi connectivity index (χ1n) is 7.30. The molecule has 25 heavy (non-hydrogen) atoms. The number of nitrogens with zero attached hydrogens (tertiary/aromatic N) is 2. The average molecular weight is 366 g/mol. The zero-order chi connectivity index (χ0) is 17.7. The molecule has 0 unspecified atom stereocenters. The molecule has 0 saturated carbocycles. The fraction of sp³-hybridized carbons (Fsp3) is 0.176. The third-order valence-electron chi connectivity index (χ3n) is 3.09. The van der Waals surface area contributed by atoms with Crippen molar-refractivity contribution in [1.82, 2.24) is 10.2 Å². The Morgan fingerprint density at radius 2 is 1.80 bits per heavy atom. The van der Waals surface area contributed by atoms with E-state index in [2.05, 4.69) is 10.2 Å². The van der Waals surface area contributed by atoms with E-state index in [9.17, 15) is 13.2 Å². The van der Waals surface area contributed by atoms with Crippen LogP contribution in [0.2, 0.25) is 0 Å². The lowest BCUT2D eigenvalue weighted by atomic mass is 10.2. The molecule has 130 valence electrons. The zero-order valence-electron chi connectivity index (χ0n) is 12.9. The Morgan fingerprint density at radius 1 is 1.00 bits per heavy atom. The standard InChI is InChI=1S/C17H13F3N2O2S/c18-17(19,20)11-23-14-8-4-5-12(9-14)10-25-16-22-21-15(24-16)13-6-2-1-3-7-13/h1-9H,10-11H2. The highest BCUT2D eigenvalue weighted by atomic mass is 32.2. The van der Waals surface area contributed by atoms with E-state index in [4.69, 9.17) is 9.15 Å². The van der Waals surface area contributed by atoms with Gasteiger partial charge in [0.2, 0.25) is 5.89 Å². The van der Waals surface area contributed by atoms with Crippen molar-refractivity contribution in [3.63, 3.8) is 0 Å². The quantitative estimate of drug-likeness (QED) is 0.577. The first kappa shape index (κ1) is 17.3. The summed E-state index contributed by atoms with van der Waals surface area (Å²) >= 11 is 1.30. The number of ether oxygens (including phenoxy) is 1. The molecule has 4 nitrogen and oxygen atoms in total. The van der Waals surface area contributed by atoms with E-state index in [1.165, 1.54) is 17.8 Å². The highest BCUT2D eigenvalue weighted by molar-refractivity contribution is 7.98. The summed E-state index contributed by atoms with van der Waals surface area (Å²) in [7, 11) is 0. The maximum absolute atomic E-state index is 12.2. The first-order chi connectivity index (χ1) is 12.0. The van der Waals surface area contributed by atoms with Crippen LogP contribution < -0.4 is 4.74 Å². The molecule has 0 bridgehead atoms. The average Bonchev–Trinajstić information content (AvgIpc) is 3.08. The Bertz CT molecular complexity index is 822. The minimum absolute atomic E-state index is 0.172. The Morgan fingerprint density at radius 3 is 2.56 bits per heavy atom. The predicted molar refractivity (Wildman–Crippen MR) is 87.3 cm³/mol. The number of rotatable bonds is 6. The second-order valence-electron chi connectivity index (χ2n) is 5.08. The molecule has 0 spiro atoms. The highest BCUT2D eigenvalue weighted by Crippen LogP contribution is 2.27. The van der Waals surface area contributed by atoms with Gasteiger partial charge in [0.05, 0.1) is 0 Å². The van der Waals surface area contributed by atoms with Gasteiger partial charge in [-0.1, -0.05) is 42.1 Å². The van der Waals surface area contributed by atoms with E-state index in [1.54, 1.807) is 18.2 Å². The van der Waals surface area contributed by atoms with Crippen LogP contribution in [-0.2, 0) is 5.75 Å². The Hall–Kier alpha value is -2.48. The van der Waals surface area contributed by atoms with Crippen molar-refractivity contribution in [2.24, 2.45) is 0 Å². The van der Waals surface area contributed by atoms with E-state index in [0.717, 1.165) is 11.1 Å². The maximum Gasteiger partial charge on any atom is 0.422 e. The SMILES string of the molecule is FC(F)(F)COc1cccc(CSc2nnc(-c3ccccc3)o2)c1. The molecule has 0 fully saturated rings. The highest BCUT2D eigenvalue weighted by Gasteiger charge is 2.28. The van der Waals surface area contributed by atoms with Crippen molar-refractivity contribution in [2.75, 3.05) is 6.61 Å². The maximum atomic E-state index is 12.2. The van der Waals surface area contributed by atoms with Gasteiger partial charge in [0.15, 0.2) is 6.61 Å². The summed E-state index contributed by atoms with van der Waals surface area (Å²) in [5.74, 6) is 1.07. The summed E-state index contributed by atoms with van der Waals surface area (Å²) in [6.07, 6.45) is -4.36. The molecule has 0 N–H and O–H groups in total. The Balaban J connectivity index is 1.60. The van der Waals surface area contributed by atoms with E-state index in [-0.39, 0.29) is 5.75 Å². The number of aromatic nitrogens is 2. The molecule has 0 radical (unpaired) electrons. The minimum Gasteiger partial charge on any atom is -0.484 e. The smallest absolute Gasteiger partial charge is 0.422 e. The number of hydrogen-bond acceptors (Lipinski definition) is 5. The van der Waals surface area contributed by atoms with Gasteiger partial charge in [-0.2, -0.15) is 13.2 Å². The van der Waals surface area contributed by atoms with Crippen molar-refractivity contribution in [3.8, 4) is 17.2 Å². The van der Waals surface area contributed by atoms with Gasteiger partial charge in [-0.15, -0.1) is 10.2 Å². The number of hydrogen-bond donors (Lipinski definition) is 0. The molecular formula is C17H13F3N2O2S. The molecule has 0 aliphatic carbocycles. The molecule has 0 aliphatic rings. The predicted octanol–water partition coefficient (Wildman–Crippen LogP) is 4.97. The van der Waals surface area contributed by atoms with Crippen LogP contribution in [0, 0.1) is 0 Å². The topological polar surface area (TPSA) is 48.2 Å². The Labute approximate surface area is 146 Å². The molecule has 0 atom stereocenters. The molecule has 0 amide bonds. The van der Waals surface area contributed by atoms with Crippen molar-refractivity contribution < 1.29 is 22.3 Å². The normalized spacial score (nSPS) is 11.5. The van der Waals surface area contributed by atoms with Gasteiger partial charge in [0, 0.05) is 11.3 Å². The molecule has 1 aromatic heterocycles.